The lowest BCUT2D eigenvalue weighted by molar-refractivity contribution is 0.590. The summed E-state index contributed by atoms with van der Waals surface area (Å²) in [5.41, 5.74) is 8.35. The van der Waals surface area contributed by atoms with E-state index in [9.17, 15) is 0 Å². The average molecular weight is 206 g/mol. The minimum atomic E-state index is 0.227. The smallest absolute Gasteiger partial charge is 0.0364 e. The largest absolute Gasteiger partial charge is 0.373 e. The summed E-state index contributed by atoms with van der Waals surface area (Å²) in [5, 5.41) is 0. The molecule has 0 radical (unpaired) electrons. The minimum absolute atomic E-state index is 0.227. The molecule has 2 N–H and O–H groups in total. The van der Waals surface area contributed by atoms with Crippen LogP contribution in [0.15, 0.2) is 24.3 Å². The van der Waals surface area contributed by atoms with Gasteiger partial charge in [-0.15, -0.1) is 0 Å². The van der Waals surface area contributed by atoms with Crippen LogP contribution in [-0.2, 0) is 5.41 Å². The van der Waals surface area contributed by atoms with Gasteiger partial charge >= 0.3 is 0 Å². The van der Waals surface area contributed by atoms with Crippen molar-refractivity contribution in [2.75, 3.05) is 25.0 Å². The Kier molecular flexibility index (Phi) is 3.75. The van der Waals surface area contributed by atoms with Crippen molar-refractivity contribution >= 4 is 5.69 Å². The second-order valence-electron chi connectivity index (χ2n) is 5.01. The number of nitrogens with zero attached hydrogens (tertiary/aromatic N) is 1. The molecule has 0 saturated carbocycles. The van der Waals surface area contributed by atoms with Gasteiger partial charge in [0.2, 0.25) is 0 Å². The van der Waals surface area contributed by atoms with Crippen LogP contribution in [0.25, 0.3) is 0 Å². The van der Waals surface area contributed by atoms with Gasteiger partial charge in [-0.2, -0.15) is 0 Å². The van der Waals surface area contributed by atoms with E-state index in [1.54, 1.807) is 0 Å². The molecule has 0 bridgehead atoms. The van der Waals surface area contributed by atoms with E-state index >= 15 is 0 Å². The van der Waals surface area contributed by atoms with Crippen molar-refractivity contribution in [3.05, 3.63) is 29.8 Å². The molecule has 84 valence electrons. The molecule has 1 rings (SSSR count). The van der Waals surface area contributed by atoms with Crippen molar-refractivity contribution in [2.45, 2.75) is 26.2 Å². The van der Waals surface area contributed by atoms with Gasteiger partial charge in [0.1, 0.15) is 0 Å². The van der Waals surface area contributed by atoms with E-state index in [2.05, 4.69) is 57.0 Å². The predicted molar refractivity (Wildman–Crippen MR) is 67.5 cm³/mol. The van der Waals surface area contributed by atoms with Crippen LogP contribution in [0.2, 0.25) is 0 Å². The number of rotatable bonds is 3. The molecule has 0 aromatic heterocycles. The lowest BCUT2D eigenvalue weighted by Gasteiger charge is -2.22. The Balaban J connectivity index is 2.81. The van der Waals surface area contributed by atoms with Crippen LogP contribution in [-0.4, -0.2) is 20.1 Å². The summed E-state index contributed by atoms with van der Waals surface area (Å²) in [6, 6.07) is 8.72. The zero-order valence-electron chi connectivity index (χ0n) is 10.2. The summed E-state index contributed by atoms with van der Waals surface area (Å²) < 4.78 is 0. The Hall–Kier alpha value is -1.02. The highest BCUT2D eigenvalue weighted by Crippen LogP contribution is 2.24. The Morgan fingerprint density at radius 1 is 1.13 bits per heavy atom. The third kappa shape index (κ3) is 3.24. The fourth-order valence-electron chi connectivity index (χ4n) is 1.54. The molecule has 0 unspecified atom stereocenters. The first-order valence-electron chi connectivity index (χ1n) is 5.47. The normalized spacial score (nSPS) is 11.5. The Morgan fingerprint density at radius 3 is 2.07 bits per heavy atom. The molecule has 0 heterocycles. The van der Waals surface area contributed by atoms with Crippen LogP contribution >= 0.6 is 0 Å². The molecule has 1 aromatic rings. The summed E-state index contributed by atoms with van der Waals surface area (Å²) in [5.74, 6) is 0. The van der Waals surface area contributed by atoms with Gasteiger partial charge in [0.25, 0.3) is 0 Å². The van der Waals surface area contributed by atoms with Crippen LogP contribution in [0.1, 0.15) is 26.3 Å². The number of benzene rings is 1. The third-order valence-electron chi connectivity index (χ3n) is 2.64. The second-order valence-corrected chi connectivity index (χ2v) is 5.01. The first-order valence-corrected chi connectivity index (χ1v) is 5.47. The molecule has 0 fully saturated rings. The molecule has 2 heteroatoms. The van der Waals surface area contributed by atoms with Crippen LogP contribution < -0.4 is 10.6 Å². The van der Waals surface area contributed by atoms with Gasteiger partial charge in [-0.05, 0) is 23.1 Å². The van der Waals surface area contributed by atoms with Gasteiger partial charge in [-0.3, -0.25) is 0 Å². The zero-order chi connectivity index (χ0) is 11.5. The van der Waals surface area contributed by atoms with E-state index in [4.69, 9.17) is 5.73 Å². The SMILES string of the molecule is CN(CCN)c1ccc(C(C)(C)C)cc1. The maximum absolute atomic E-state index is 5.52. The average Bonchev–Trinajstić information content (AvgIpc) is 2.17. The molecule has 0 spiro atoms. The van der Waals surface area contributed by atoms with Crippen LogP contribution in [0, 0.1) is 0 Å². The molecule has 0 aliphatic rings. The summed E-state index contributed by atoms with van der Waals surface area (Å²) in [7, 11) is 2.07. The van der Waals surface area contributed by atoms with E-state index in [-0.39, 0.29) is 5.41 Å². The molecule has 0 aliphatic carbocycles. The monoisotopic (exact) mass is 206 g/mol. The first-order chi connectivity index (χ1) is 6.95. The lowest BCUT2D eigenvalue weighted by atomic mass is 9.87. The molecule has 0 aliphatic heterocycles. The molecule has 0 saturated heterocycles. The highest BCUT2D eigenvalue weighted by molar-refractivity contribution is 5.47. The van der Waals surface area contributed by atoms with Crippen LogP contribution in [0.4, 0.5) is 5.69 Å². The van der Waals surface area contributed by atoms with E-state index < -0.39 is 0 Å². The van der Waals surface area contributed by atoms with E-state index in [1.165, 1.54) is 11.3 Å². The fraction of sp³-hybridized carbons (Fsp3) is 0.538. The quantitative estimate of drug-likeness (QED) is 0.822. The van der Waals surface area contributed by atoms with Gasteiger partial charge in [-0.25, -0.2) is 0 Å². The fourth-order valence-corrected chi connectivity index (χ4v) is 1.54. The van der Waals surface area contributed by atoms with Crippen LogP contribution in [0.5, 0.6) is 0 Å². The zero-order valence-corrected chi connectivity index (χ0v) is 10.2. The van der Waals surface area contributed by atoms with Gasteiger partial charge in [0.05, 0.1) is 0 Å². The molecule has 1 aromatic carbocycles. The third-order valence-corrected chi connectivity index (χ3v) is 2.64. The van der Waals surface area contributed by atoms with Crippen molar-refractivity contribution in [2.24, 2.45) is 5.73 Å². The number of nitrogens with two attached hydrogens (primary N) is 1. The number of likely N-dealkylation sites (N-methyl/N-ethyl adjacent to an activating group) is 1. The van der Waals surface area contributed by atoms with Crippen LogP contribution in [0.3, 0.4) is 0 Å². The van der Waals surface area contributed by atoms with E-state index in [0.717, 1.165) is 6.54 Å². The molecular weight excluding hydrogens is 184 g/mol. The van der Waals surface area contributed by atoms with Crippen molar-refractivity contribution in [1.82, 2.24) is 0 Å². The summed E-state index contributed by atoms with van der Waals surface area (Å²) in [4.78, 5) is 2.17. The van der Waals surface area contributed by atoms with Crippen molar-refractivity contribution in [1.29, 1.82) is 0 Å². The molecule has 15 heavy (non-hydrogen) atoms. The highest BCUT2D eigenvalue weighted by Gasteiger charge is 2.13. The predicted octanol–water partition coefficient (Wildman–Crippen LogP) is 2.38. The summed E-state index contributed by atoms with van der Waals surface area (Å²) >= 11 is 0. The lowest BCUT2D eigenvalue weighted by Crippen LogP contribution is -2.25. The molecule has 2 nitrogen and oxygen atoms in total. The summed E-state index contributed by atoms with van der Waals surface area (Å²) in [6.45, 7) is 8.27. The van der Waals surface area contributed by atoms with Crippen molar-refractivity contribution in [3.8, 4) is 0 Å². The first kappa shape index (κ1) is 12.1. The van der Waals surface area contributed by atoms with Gasteiger partial charge in [0, 0.05) is 25.8 Å². The van der Waals surface area contributed by atoms with Crippen molar-refractivity contribution in [3.63, 3.8) is 0 Å². The van der Waals surface area contributed by atoms with Crippen molar-refractivity contribution < 1.29 is 0 Å². The molecule has 0 atom stereocenters. The summed E-state index contributed by atoms with van der Waals surface area (Å²) in [6.07, 6.45) is 0. The Bertz CT molecular complexity index is 295. The topological polar surface area (TPSA) is 29.3 Å². The second kappa shape index (κ2) is 4.67. The molecular formula is C13H22N2. The number of anilines is 1. The molecule has 0 amide bonds. The van der Waals surface area contributed by atoms with Gasteiger partial charge in [-0.1, -0.05) is 32.9 Å². The van der Waals surface area contributed by atoms with Gasteiger partial charge < -0.3 is 10.6 Å². The maximum Gasteiger partial charge on any atom is 0.0364 e. The minimum Gasteiger partial charge on any atom is -0.373 e. The van der Waals surface area contributed by atoms with E-state index in [0.29, 0.717) is 6.54 Å². The Morgan fingerprint density at radius 2 is 1.67 bits per heavy atom. The van der Waals surface area contributed by atoms with E-state index in [1.807, 2.05) is 0 Å². The standard InChI is InChI=1S/C13H22N2/c1-13(2,3)11-5-7-12(8-6-11)15(4)10-9-14/h5-8H,9-10,14H2,1-4H3. The maximum atomic E-state index is 5.52. The Labute approximate surface area is 93.1 Å². The van der Waals surface area contributed by atoms with Gasteiger partial charge in [0.15, 0.2) is 0 Å². The highest BCUT2D eigenvalue weighted by atomic mass is 15.1. The number of hydrogen-bond acceptors (Lipinski definition) is 2. The number of hydrogen-bond donors (Lipinski definition) is 1.